The molecule has 0 aromatic heterocycles. The SMILES string of the molecule is COC(=O)[C@H](Cc1ccc(-c2c(OC)cc(CO)cc2OC)cc1)NC(=O)OC(C)(C)C. The van der Waals surface area contributed by atoms with Gasteiger partial charge in [-0.05, 0) is 49.6 Å². The summed E-state index contributed by atoms with van der Waals surface area (Å²) in [6, 6.07) is 10.1. The Morgan fingerprint density at radius 1 is 0.969 bits per heavy atom. The number of alkyl carbamates (subject to hydrolysis) is 1. The highest BCUT2D eigenvalue weighted by Crippen LogP contribution is 2.39. The molecule has 2 N–H and O–H groups in total. The fourth-order valence-electron chi connectivity index (χ4n) is 3.17. The summed E-state index contributed by atoms with van der Waals surface area (Å²) in [6.07, 6.45) is -0.466. The minimum Gasteiger partial charge on any atom is -0.496 e. The number of carbonyl (C=O) groups excluding carboxylic acids is 2. The van der Waals surface area contributed by atoms with Crippen LogP contribution in [0.5, 0.6) is 11.5 Å². The average molecular weight is 446 g/mol. The van der Waals surface area contributed by atoms with Crippen LogP contribution in [0, 0.1) is 0 Å². The summed E-state index contributed by atoms with van der Waals surface area (Å²) >= 11 is 0. The topological polar surface area (TPSA) is 103 Å². The van der Waals surface area contributed by atoms with Crippen molar-refractivity contribution >= 4 is 12.1 Å². The number of benzene rings is 2. The zero-order chi connectivity index (χ0) is 23.9. The predicted molar refractivity (Wildman–Crippen MR) is 120 cm³/mol. The van der Waals surface area contributed by atoms with Crippen LogP contribution in [0.4, 0.5) is 4.79 Å². The Balaban J connectivity index is 2.27. The van der Waals surface area contributed by atoms with E-state index in [4.69, 9.17) is 18.9 Å². The van der Waals surface area contributed by atoms with Crippen molar-refractivity contribution in [2.45, 2.75) is 45.4 Å². The van der Waals surface area contributed by atoms with Crippen molar-refractivity contribution in [2.24, 2.45) is 0 Å². The first-order chi connectivity index (χ1) is 15.1. The van der Waals surface area contributed by atoms with E-state index in [1.54, 1.807) is 47.1 Å². The number of esters is 1. The molecule has 2 aromatic carbocycles. The van der Waals surface area contributed by atoms with E-state index >= 15 is 0 Å². The van der Waals surface area contributed by atoms with Crippen molar-refractivity contribution in [3.8, 4) is 22.6 Å². The van der Waals surface area contributed by atoms with Crippen LogP contribution in [0.1, 0.15) is 31.9 Å². The normalized spacial score (nSPS) is 12.0. The number of carbonyl (C=O) groups is 2. The van der Waals surface area contributed by atoms with Gasteiger partial charge in [-0.15, -0.1) is 0 Å². The molecule has 1 atom stereocenters. The molecule has 1 amide bonds. The number of amides is 1. The molecule has 0 fully saturated rings. The maximum Gasteiger partial charge on any atom is 0.408 e. The van der Waals surface area contributed by atoms with Gasteiger partial charge in [0.2, 0.25) is 0 Å². The Kier molecular flexibility index (Phi) is 8.48. The Bertz CT molecular complexity index is 907. The maximum absolute atomic E-state index is 12.2. The summed E-state index contributed by atoms with van der Waals surface area (Å²) in [4.78, 5) is 24.3. The van der Waals surface area contributed by atoms with Crippen LogP contribution >= 0.6 is 0 Å². The first-order valence-electron chi connectivity index (χ1n) is 10.1. The molecule has 8 heteroatoms. The highest BCUT2D eigenvalue weighted by molar-refractivity contribution is 5.82. The second kappa shape index (κ2) is 10.9. The zero-order valence-electron chi connectivity index (χ0n) is 19.4. The van der Waals surface area contributed by atoms with Gasteiger partial charge in [-0.1, -0.05) is 24.3 Å². The number of rotatable bonds is 8. The molecular weight excluding hydrogens is 414 g/mol. The molecule has 0 spiro atoms. The second-order valence-electron chi connectivity index (χ2n) is 8.16. The third kappa shape index (κ3) is 6.62. The molecule has 0 unspecified atom stereocenters. The fourth-order valence-corrected chi connectivity index (χ4v) is 3.17. The number of ether oxygens (including phenoxy) is 4. The van der Waals surface area contributed by atoms with Crippen LogP contribution in [0.3, 0.4) is 0 Å². The van der Waals surface area contributed by atoms with Gasteiger partial charge in [0.15, 0.2) is 0 Å². The van der Waals surface area contributed by atoms with Gasteiger partial charge in [0, 0.05) is 6.42 Å². The smallest absolute Gasteiger partial charge is 0.408 e. The highest BCUT2D eigenvalue weighted by Gasteiger charge is 2.25. The molecule has 2 aromatic rings. The first kappa shape index (κ1) is 25.0. The van der Waals surface area contributed by atoms with E-state index in [9.17, 15) is 14.7 Å². The Morgan fingerprint density at radius 3 is 1.97 bits per heavy atom. The van der Waals surface area contributed by atoms with E-state index in [2.05, 4.69) is 5.32 Å². The van der Waals surface area contributed by atoms with Crippen molar-refractivity contribution < 1.29 is 33.6 Å². The Morgan fingerprint density at radius 2 is 1.53 bits per heavy atom. The van der Waals surface area contributed by atoms with E-state index in [1.165, 1.54) is 7.11 Å². The van der Waals surface area contributed by atoms with Crippen LogP contribution < -0.4 is 14.8 Å². The lowest BCUT2D eigenvalue weighted by Gasteiger charge is -2.22. The van der Waals surface area contributed by atoms with Gasteiger partial charge in [0.1, 0.15) is 23.1 Å². The van der Waals surface area contributed by atoms with E-state index in [0.29, 0.717) is 17.1 Å². The van der Waals surface area contributed by atoms with Crippen molar-refractivity contribution in [1.29, 1.82) is 0 Å². The van der Waals surface area contributed by atoms with E-state index in [1.807, 2.05) is 24.3 Å². The van der Waals surface area contributed by atoms with Crippen LogP contribution in [0.15, 0.2) is 36.4 Å². The van der Waals surface area contributed by atoms with Crippen molar-refractivity contribution in [1.82, 2.24) is 5.32 Å². The van der Waals surface area contributed by atoms with Crippen LogP contribution in [0.2, 0.25) is 0 Å². The summed E-state index contributed by atoms with van der Waals surface area (Å²) in [5.74, 6) is 0.572. The third-order valence-electron chi connectivity index (χ3n) is 4.61. The molecule has 0 saturated carbocycles. The molecular formula is C24H31NO7. The zero-order valence-corrected chi connectivity index (χ0v) is 19.4. The van der Waals surface area contributed by atoms with Crippen molar-refractivity contribution in [2.75, 3.05) is 21.3 Å². The first-order valence-corrected chi connectivity index (χ1v) is 10.1. The predicted octanol–water partition coefficient (Wildman–Crippen LogP) is 3.47. The van der Waals surface area contributed by atoms with Gasteiger partial charge < -0.3 is 29.4 Å². The molecule has 0 radical (unpaired) electrons. The number of methoxy groups -OCH3 is 3. The van der Waals surface area contributed by atoms with Crippen LogP contribution in [-0.2, 0) is 27.3 Å². The van der Waals surface area contributed by atoms with Gasteiger partial charge in [-0.2, -0.15) is 0 Å². The summed E-state index contributed by atoms with van der Waals surface area (Å²) in [7, 11) is 4.37. The second-order valence-corrected chi connectivity index (χ2v) is 8.16. The standard InChI is InChI=1S/C24H31NO7/c1-24(2,3)32-23(28)25-18(22(27)31-6)11-15-7-9-17(10-8-15)21-19(29-4)12-16(14-26)13-20(21)30-5/h7-10,12-13,18,26H,11,14H2,1-6H3,(H,25,28)/t18-/m0/s1. The van der Waals surface area contributed by atoms with Crippen LogP contribution in [0.25, 0.3) is 11.1 Å². The average Bonchev–Trinajstić information content (AvgIpc) is 2.76. The maximum atomic E-state index is 12.2. The van der Waals surface area contributed by atoms with Crippen LogP contribution in [-0.4, -0.2) is 50.1 Å². The Hall–Kier alpha value is -3.26. The molecule has 0 aliphatic heterocycles. The van der Waals surface area contributed by atoms with E-state index in [-0.39, 0.29) is 13.0 Å². The molecule has 32 heavy (non-hydrogen) atoms. The fraction of sp³-hybridized carbons (Fsp3) is 0.417. The van der Waals surface area contributed by atoms with Gasteiger partial charge in [0.25, 0.3) is 0 Å². The molecule has 174 valence electrons. The highest BCUT2D eigenvalue weighted by atomic mass is 16.6. The molecule has 0 aliphatic carbocycles. The van der Waals surface area contributed by atoms with E-state index < -0.39 is 23.7 Å². The quantitative estimate of drug-likeness (QED) is 0.600. The number of hydrogen-bond donors (Lipinski definition) is 2. The van der Waals surface area contributed by atoms with Gasteiger partial charge in [-0.3, -0.25) is 0 Å². The van der Waals surface area contributed by atoms with Crippen molar-refractivity contribution in [3.05, 3.63) is 47.5 Å². The Labute approximate surface area is 188 Å². The number of aliphatic hydroxyl groups is 1. The minimum absolute atomic E-state index is 0.133. The molecule has 0 heterocycles. The molecule has 0 bridgehead atoms. The lowest BCUT2D eigenvalue weighted by atomic mass is 9.98. The van der Waals surface area contributed by atoms with Gasteiger partial charge in [-0.25, -0.2) is 9.59 Å². The van der Waals surface area contributed by atoms with E-state index in [0.717, 1.165) is 16.7 Å². The monoisotopic (exact) mass is 445 g/mol. The summed E-state index contributed by atoms with van der Waals surface area (Å²) in [6.45, 7) is 5.10. The lowest BCUT2D eigenvalue weighted by molar-refractivity contribution is -0.143. The summed E-state index contributed by atoms with van der Waals surface area (Å²) in [5.41, 5.74) is 2.38. The number of aliphatic hydroxyl groups excluding tert-OH is 1. The third-order valence-corrected chi connectivity index (χ3v) is 4.61. The number of hydrogen-bond acceptors (Lipinski definition) is 7. The molecule has 0 saturated heterocycles. The minimum atomic E-state index is -0.895. The number of nitrogens with one attached hydrogen (secondary N) is 1. The molecule has 0 aliphatic rings. The molecule has 8 nitrogen and oxygen atoms in total. The summed E-state index contributed by atoms with van der Waals surface area (Å²) in [5, 5.41) is 12.0. The molecule has 2 rings (SSSR count). The van der Waals surface area contributed by atoms with Gasteiger partial charge in [0.05, 0.1) is 33.5 Å². The van der Waals surface area contributed by atoms with Gasteiger partial charge >= 0.3 is 12.1 Å². The van der Waals surface area contributed by atoms with Crippen molar-refractivity contribution in [3.63, 3.8) is 0 Å². The summed E-state index contributed by atoms with van der Waals surface area (Å²) < 4.78 is 21.1. The lowest BCUT2D eigenvalue weighted by Crippen LogP contribution is -2.45. The largest absolute Gasteiger partial charge is 0.496 e.